The molecule has 0 aliphatic heterocycles. The molecular weight excluding hydrogens is 340 g/mol. The fraction of sp³-hybridized carbons (Fsp3) is 0.0952. The molecule has 0 aliphatic rings. The average molecular weight is 358 g/mol. The molecule has 0 saturated heterocycles. The van der Waals surface area contributed by atoms with Gasteiger partial charge in [-0.15, -0.1) is 0 Å². The molecule has 6 heteroatoms. The zero-order valence-electron chi connectivity index (χ0n) is 14.8. The Kier molecular flexibility index (Phi) is 5.65. The van der Waals surface area contributed by atoms with Crippen LogP contribution in [0.1, 0.15) is 23.0 Å². The third kappa shape index (κ3) is 4.83. The molecule has 2 N–H and O–H groups in total. The summed E-state index contributed by atoms with van der Waals surface area (Å²) in [6.45, 7) is 2.57. The molecule has 0 spiro atoms. The van der Waals surface area contributed by atoms with Gasteiger partial charge in [-0.25, -0.2) is 4.98 Å². The molecule has 134 valence electrons. The van der Waals surface area contributed by atoms with E-state index in [0.717, 1.165) is 17.1 Å². The molecule has 3 aromatic rings. The highest BCUT2D eigenvalue weighted by atomic mass is 16.5. The van der Waals surface area contributed by atoms with Crippen molar-refractivity contribution in [2.75, 3.05) is 17.2 Å². The molecule has 0 atom stereocenters. The smallest absolute Gasteiger partial charge is 0.274 e. The van der Waals surface area contributed by atoms with Crippen LogP contribution in [0.4, 0.5) is 17.1 Å². The number of aromatic nitrogens is 1. The van der Waals surface area contributed by atoms with E-state index < -0.39 is 0 Å². The third-order valence-electron chi connectivity index (χ3n) is 3.72. The number of hydrogen-bond donors (Lipinski definition) is 2. The highest BCUT2D eigenvalue weighted by molar-refractivity contribution is 6.03. The average Bonchev–Trinajstić information content (AvgIpc) is 2.71. The number of ether oxygens (including phenoxy) is 1. The zero-order chi connectivity index (χ0) is 19.1. The van der Waals surface area contributed by atoms with Gasteiger partial charge < -0.3 is 15.4 Å². The van der Waals surface area contributed by atoms with Crippen molar-refractivity contribution in [3.05, 3.63) is 78.1 Å². The molecule has 0 bridgehead atoms. The van der Waals surface area contributed by atoms with Crippen molar-refractivity contribution in [2.24, 2.45) is 0 Å². The summed E-state index contributed by atoms with van der Waals surface area (Å²) in [5, 5.41) is 14.8. The van der Waals surface area contributed by atoms with E-state index in [1.807, 2.05) is 37.3 Å². The zero-order valence-corrected chi connectivity index (χ0v) is 14.8. The first kappa shape index (κ1) is 18.0. The van der Waals surface area contributed by atoms with Crippen LogP contribution in [0.25, 0.3) is 0 Å². The van der Waals surface area contributed by atoms with Crippen LogP contribution in [0.15, 0.2) is 66.9 Å². The normalized spacial score (nSPS) is 9.93. The van der Waals surface area contributed by atoms with Crippen LogP contribution < -0.4 is 15.4 Å². The Labute approximate surface area is 157 Å². The highest BCUT2D eigenvalue weighted by Gasteiger charge is 2.08. The van der Waals surface area contributed by atoms with E-state index in [4.69, 9.17) is 10.00 Å². The molecule has 0 fully saturated rings. The predicted octanol–water partition coefficient (Wildman–Crippen LogP) is 4.35. The standard InChI is InChI=1S/C21H18N4O2/c1-2-27-19-10-7-16(8-11-19)24-18-9-12-20(23-14-18)21(26)25-17-5-3-15(13-22)4-6-17/h3-12,14,24H,2H2,1H3,(H,25,26). The molecule has 6 nitrogen and oxygen atoms in total. The Balaban J connectivity index is 1.62. The molecule has 0 saturated carbocycles. The van der Waals surface area contributed by atoms with Crippen molar-refractivity contribution >= 4 is 23.0 Å². The molecule has 3 rings (SSSR count). The topological polar surface area (TPSA) is 87.0 Å². The van der Waals surface area contributed by atoms with E-state index in [9.17, 15) is 4.79 Å². The summed E-state index contributed by atoms with van der Waals surface area (Å²) in [7, 11) is 0. The van der Waals surface area contributed by atoms with Gasteiger partial charge in [-0.1, -0.05) is 0 Å². The van der Waals surface area contributed by atoms with Gasteiger partial charge in [-0.2, -0.15) is 5.26 Å². The summed E-state index contributed by atoms with van der Waals surface area (Å²) in [5.41, 5.74) is 3.12. The molecule has 1 heterocycles. The minimum absolute atomic E-state index is 0.302. The minimum Gasteiger partial charge on any atom is -0.494 e. The van der Waals surface area contributed by atoms with Crippen molar-refractivity contribution < 1.29 is 9.53 Å². The van der Waals surface area contributed by atoms with Crippen molar-refractivity contribution in [3.8, 4) is 11.8 Å². The van der Waals surface area contributed by atoms with E-state index in [0.29, 0.717) is 23.6 Å². The number of benzene rings is 2. The maximum atomic E-state index is 12.3. The number of carbonyl (C=O) groups excluding carboxylic acids is 1. The lowest BCUT2D eigenvalue weighted by Crippen LogP contribution is -2.13. The van der Waals surface area contributed by atoms with E-state index in [2.05, 4.69) is 15.6 Å². The van der Waals surface area contributed by atoms with E-state index in [1.165, 1.54) is 0 Å². The van der Waals surface area contributed by atoms with Gasteiger partial charge in [0.15, 0.2) is 0 Å². The van der Waals surface area contributed by atoms with Gasteiger partial charge in [0.1, 0.15) is 11.4 Å². The molecule has 2 aromatic carbocycles. The highest BCUT2D eigenvalue weighted by Crippen LogP contribution is 2.20. The monoisotopic (exact) mass is 358 g/mol. The molecule has 0 aliphatic carbocycles. The number of hydrogen-bond acceptors (Lipinski definition) is 5. The lowest BCUT2D eigenvalue weighted by molar-refractivity contribution is 0.102. The van der Waals surface area contributed by atoms with E-state index in [1.54, 1.807) is 42.6 Å². The lowest BCUT2D eigenvalue weighted by Gasteiger charge is -2.09. The number of carbonyl (C=O) groups is 1. The van der Waals surface area contributed by atoms with Crippen LogP contribution in [0.3, 0.4) is 0 Å². The van der Waals surface area contributed by atoms with Crippen LogP contribution in [0.2, 0.25) is 0 Å². The summed E-state index contributed by atoms with van der Waals surface area (Å²) >= 11 is 0. The summed E-state index contributed by atoms with van der Waals surface area (Å²) in [4.78, 5) is 16.5. The largest absolute Gasteiger partial charge is 0.494 e. The van der Waals surface area contributed by atoms with Gasteiger partial charge in [-0.3, -0.25) is 4.79 Å². The van der Waals surface area contributed by atoms with Crippen molar-refractivity contribution in [1.29, 1.82) is 5.26 Å². The number of nitrogens with one attached hydrogen (secondary N) is 2. The van der Waals surface area contributed by atoms with Gasteiger partial charge >= 0.3 is 0 Å². The van der Waals surface area contributed by atoms with Crippen LogP contribution in [0.5, 0.6) is 5.75 Å². The first-order chi connectivity index (χ1) is 13.2. The maximum Gasteiger partial charge on any atom is 0.274 e. The lowest BCUT2D eigenvalue weighted by atomic mass is 10.2. The Morgan fingerprint density at radius 2 is 1.67 bits per heavy atom. The van der Waals surface area contributed by atoms with Gasteiger partial charge in [-0.05, 0) is 67.6 Å². The second-order valence-corrected chi connectivity index (χ2v) is 5.66. The predicted molar refractivity (Wildman–Crippen MR) is 104 cm³/mol. The van der Waals surface area contributed by atoms with Crippen LogP contribution in [-0.4, -0.2) is 17.5 Å². The molecular formula is C21H18N4O2. The Hall–Kier alpha value is -3.85. The first-order valence-corrected chi connectivity index (χ1v) is 8.45. The number of nitriles is 1. The second-order valence-electron chi connectivity index (χ2n) is 5.66. The van der Waals surface area contributed by atoms with Gasteiger partial charge in [0, 0.05) is 11.4 Å². The number of pyridine rings is 1. The van der Waals surface area contributed by atoms with Crippen LogP contribution in [-0.2, 0) is 0 Å². The third-order valence-corrected chi connectivity index (χ3v) is 3.72. The number of rotatable bonds is 6. The van der Waals surface area contributed by atoms with Gasteiger partial charge in [0.2, 0.25) is 0 Å². The number of anilines is 3. The number of amides is 1. The Bertz CT molecular complexity index is 943. The minimum atomic E-state index is -0.313. The van der Waals surface area contributed by atoms with Crippen LogP contribution in [0, 0.1) is 11.3 Å². The summed E-state index contributed by atoms with van der Waals surface area (Å²) in [5.74, 6) is 0.503. The fourth-order valence-electron chi connectivity index (χ4n) is 2.39. The van der Waals surface area contributed by atoms with Crippen LogP contribution >= 0.6 is 0 Å². The second kappa shape index (κ2) is 8.50. The summed E-state index contributed by atoms with van der Waals surface area (Å²) in [6.07, 6.45) is 1.60. The molecule has 0 unspecified atom stereocenters. The fourth-order valence-corrected chi connectivity index (χ4v) is 2.39. The van der Waals surface area contributed by atoms with Crippen molar-refractivity contribution in [3.63, 3.8) is 0 Å². The quantitative estimate of drug-likeness (QED) is 0.684. The van der Waals surface area contributed by atoms with Crippen molar-refractivity contribution in [1.82, 2.24) is 4.98 Å². The van der Waals surface area contributed by atoms with Gasteiger partial charge in [0.05, 0.1) is 30.1 Å². The molecule has 27 heavy (non-hydrogen) atoms. The van der Waals surface area contributed by atoms with Gasteiger partial charge in [0.25, 0.3) is 5.91 Å². The molecule has 0 radical (unpaired) electrons. The summed E-state index contributed by atoms with van der Waals surface area (Å²) < 4.78 is 5.41. The first-order valence-electron chi connectivity index (χ1n) is 8.45. The van der Waals surface area contributed by atoms with Crippen molar-refractivity contribution in [2.45, 2.75) is 6.92 Å². The SMILES string of the molecule is CCOc1ccc(Nc2ccc(C(=O)Nc3ccc(C#N)cc3)nc2)cc1. The number of nitrogens with zero attached hydrogens (tertiary/aromatic N) is 2. The maximum absolute atomic E-state index is 12.3. The van der Waals surface area contributed by atoms with E-state index >= 15 is 0 Å². The molecule has 1 aromatic heterocycles. The summed E-state index contributed by atoms with van der Waals surface area (Å²) in [6, 6.07) is 19.7. The van der Waals surface area contributed by atoms with E-state index in [-0.39, 0.29) is 5.91 Å². The Morgan fingerprint density at radius 1 is 1.00 bits per heavy atom. The molecule has 1 amide bonds. The Morgan fingerprint density at radius 3 is 2.26 bits per heavy atom.